The van der Waals surface area contributed by atoms with Gasteiger partial charge in [-0.25, -0.2) is 4.57 Å². The number of hydrogen-bond acceptors (Lipinski definition) is 9. The minimum atomic E-state index is -4.62. The van der Waals surface area contributed by atoms with E-state index in [0.717, 1.165) is 38.5 Å². The number of esters is 2. The minimum Gasteiger partial charge on any atom is -0.462 e. The van der Waals surface area contributed by atoms with Crippen LogP contribution in [0.2, 0.25) is 0 Å². The molecule has 0 aliphatic heterocycles. The molecule has 0 aliphatic rings. The Balaban J connectivity index is 4.36. The number of carbonyl (C=O) groups is 2. The standard InChI is InChI=1S/C42H79O10P/c1-3-5-7-9-11-13-15-17-19-21-23-25-27-29-31-33-41(45)49-37-40(38-51-53(47,48)50-36-39(44)35-43)52-42(46)34-32-30-28-26-24-22-20-18-16-14-12-10-8-6-4-2/h23-26,39-40,43-44H,3-22,27-38H2,1-2H3,(H,47,48)/b25-23+,26-24+/t39-,40+/m0/s1. The van der Waals surface area contributed by atoms with Crippen molar-refractivity contribution in [1.82, 2.24) is 0 Å². The number of phosphoric acid groups is 1. The van der Waals surface area contributed by atoms with E-state index in [2.05, 4.69) is 42.7 Å². The molecule has 0 spiro atoms. The van der Waals surface area contributed by atoms with Crippen molar-refractivity contribution in [2.24, 2.45) is 0 Å². The first kappa shape index (κ1) is 51.5. The molecule has 0 fully saturated rings. The van der Waals surface area contributed by atoms with E-state index in [1.165, 1.54) is 116 Å². The van der Waals surface area contributed by atoms with Crippen molar-refractivity contribution < 1.29 is 47.8 Å². The van der Waals surface area contributed by atoms with Crippen LogP contribution in [0.3, 0.4) is 0 Å². The van der Waals surface area contributed by atoms with Crippen LogP contribution in [-0.4, -0.2) is 65.7 Å². The number of phosphoric ester groups is 1. The van der Waals surface area contributed by atoms with Gasteiger partial charge in [-0.05, 0) is 64.2 Å². The number of aliphatic hydroxyl groups excluding tert-OH is 2. The molecule has 0 saturated heterocycles. The molecule has 0 aromatic heterocycles. The summed E-state index contributed by atoms with van der Waals surface area (Å²) in [5.41, 5.74) is 0. The highest BCUT2D eigenvalue weighted by Crippen LogP contribution is 2.43. The number of unbranched alkanes of at least 4 members (excludes halogenated alkanes) is 22. The quantitative estimate of drug-likeness (QED) is 0.0238. The van der Waals surface area contributed by atoms with Gasteiger partial charge >= 0.3 is 19.8 Å². The van der Waals surface area contributed by atoms with E-state index in [1.54, 1.807) is 0 Å². The molecule has 0 amide bonds. The molecule has 0 rings (SSSR count). The summed E-state index contributed by atoms with van der Waals surface area (Å²) >= 11 is 0. The number of allylic oxidation sites excluding steroid dienone is 4. The van der Waals surface area contributed by atoms with Crippen molar-refractivity contribution >= 4 is 19.8 Å². The average Bonchev–Trinajstić information content (AvgIpc) is 3.14. The fourth-order valence-corrected chi connectivity index (χ4v) is 6.54. The van der Waals surface area contributed by atoms with Crippen LogP contribution in [0.5, 0.6) is 0 Å². The summed E-state index contributed by atoms with van der Waals surface area (Å²) in [4.78, 5) is 34.9. The zero-order valence-corrected chi connectivity index (χ0v) is 34.6. The Morgan fingerprint density at radius 3 is 1.36 bits per heavy atom. The Kier molecular flexibility index (Phi) is 37.6. The van der Waals surface area contributed by atoms with Gasteiger partial charge in [0.05, 0.1) is 19.8 Å². The van der Waals surface area contributed by atoms with E-state index >= 15 is 0 Å². The van der Waals surface area contributed by atoms with Crippen molar-refractivity contribution in [3.63, 3.8) is 0 Å². The van der Waals surface area contributed by atoms with E-state index in [4.69, 9.17) is 19.1 Å². The molecule has 0 aliphatic carbocycles. The number of ether oxygens (including phenoxy) is 2. The highest BCUT2D eigenvalue weighted by atomic mass is 31.2. The average molecular weight is 775 g/mol. The van der Waals surface area contributed by atoms with Gasteiger partial charge in [-0.3, -0.25) is 18.6 Å². The van der Waals surface area contributed by atoms with Gasteiger partial charge in [-0.2, -0.15) is 0 Å². The van der Waals surface area contributed by atoms with Crippen LogP contribution in [0.1, 0.15) is 194 Å². The summed E-state index contributed by atoms with van der Waals surface area (Å²) in [6.45, 7) is 2.34. The van der Waals surface area contributed by atoms with Crippen molar-refractivity contribution in [2.45, 2.75) is 206 Å². The van der Waals surface area contributed by atoms with E-state index in [0.29, 0.717) is 12.8 Å². The predicted octanol–water partition coefficient (Wildman–Crippen LogP) is 11.0. The largest absolute Gasteiger partial charge is 0.472 e. The Hall–Kier alpha value is -1.55. The monoisotopic (exact) mass is 775 g/mol. The van der Waals surface area contributed by atoms with E-state index in [-0.39, 0.29) is 19.4 Å². The first-order chi connectivity index (χ1) is 25.7. The van der Waals surface area contributed by atoms with Gasteiger partial charge in [0, 0.05) is 12.8 Å². The predicted molar refractivity (Wildman–Crippen MR) is 215 cm³/mol. The molecular formula is C42H79O10P. The lowest BCUT2D eigenvalue weighted by Gasteiger charge is -2.20. The summed E-state index contributed by atoms with van der Waals surface area (Å²) < 4.78 is 32.6. The summed E-state index contributed by atoms with van der Waals surface area (Å²) in [5.74, 6) is -0.972. The summed E-state index contributed by atoms with van der Waals surface area (Å²) in [6.07, 6.45) is 37.2. The van der Waals surface area contributed by atoms with Gasteiger partial charge < -0.3 is 24.6 Å². The highest BCUT2D eigenvalue weighted by Gasteiger charge is 2.27. The van der Waals surface area contributed by atoms with Gasteiger partial charge in [0.25, 0.3) is 0 Å². The molecule has 0 aromatic carbocycles. The molecule has 312 valence electrons. The summed E-state index contributed by atoms with van der Waals surface area (Å²) in [6, 6.07) is 0. The maximum atomic E-state index is 12.6. The number of aliphatic hydroxyl groups is 2. The molecule has 3 atom stereocenters. The van der Waals surface area contributed by atoms with Crippen molar-refractivity contribution in [3.05, 3.63) is 24.3 Å². The van der Waals surface area contributed by atoms with Crippen LogP contribution in [0.25, 0.3) is 0 Å². The van der Waals surface area contributed by atoms with Gasteiger partial charge in [0.15, 0.2) is 6.10 Å². The van der Waals surface area contributed by atoms with Crippen molar-refractivity contribution in [1.29, 1.82) is 0 Å². The van der Waals surface area contributed by atoms with Gasteiger partial charge in [-0.1, -0.05) is 141 Å². The Morgan fingerprint density at radius 1 is 0.547 bits per heavy atom. The fraction of sp³-hybridized carbons (Fsp3) is 0.857. The molecule has 1 unspecified atom stereocenters. The molecule has 0 bridgehead atoms. The first-order valence-electron chi connectivity index (χ1n) is 21.3. The number of rotatable bonds is 40. The van der Waals surface area contributed by atoms with Crippen LogP contribution >= 0.6 is 7.82 Å². The van der Waals surface area contributed by atoms with Crippen LogP contribution in [0, 0.1) is 0 Å². The Morgan fingerprint density at radius 2 is 0.925 bits per heavy atom. The molecular weight excluding hydrogens is 695 g/mol. The van der Waals surface area contributed by atoms with Crippen LogP contribution in [-0.2, 0) is 32.7 Å². The van der Waals surface area contributed by atoms with E-state index < -0.39 is 51.8 Å². The van der Waals surface area contributed by atoms with Crippen LogP contribution < -0.4 is 0 Å². The lowest BCUT2D eigenvalue weighted by atomic mass is 10.1. The van der Waals surface area contributed by atoms with Crippen molar-refractivity contribution in [3.8, 4) is 0 Å². The maximum absolute atomic E-state index is 12.6. The van der Waals surface area contributed by atoms with Crippen molar-refractivity contribution in [2.75, 3.05) is 26.4 Å². The molecule has 0 saturated carbocycles. The second kappa shape index (κ2) is 38.7. The SMILES string of the molecule is CCCCCCCCCCC/C=C/CCCCC(=O)OC[C@H](COP(=O)(O)OC[C@@H](O)CO)OC(=O)CCCC/C=C/CCCCCCCCCCC. The van der Waals surface area contributed by atoms with Gasteiger partial charge in [0.2, 0.25) is 0 Å². The molecule has 3 N–H and O–H groups in total. The molecule has 0 radical (unpaired) electrons. The maximum Gasteiger partial charge on any atom is 0.472 e. The Labute approximate surface area is 323 Å². The molecule has 0 heterocycles. The zero-order chi connectivity index (χ0) is 39.1. The highest BCUT2D eigenvalue weighted by molar-refractivity contribution is 7.47. The third-order valence-electron chi connectivity index (χ3n) is 9.08. The second-order valence-electron chi connectivity index (χ2n) is 14.4. The first-order valence-corrected chi connectivity index (χ1v) is 22.8. The molecule has 11 heteroatoms. The molecule has 53 heavy (non-hydrogen) atoms. The summed E-state index contributed by atoms with van der Waals surface area (Å²) in [5, 5.41) is 18.3. The van der Waals surface area contributed by atoms with Crippen LogP contribution in [0.4, 0.5) is 0 Å². The lowest BCUT2D eigenvalue weighted by molar-refractivity contribution is -0.161. The fourth-order valence-electron chi connectivity index (χ4n) is 5.75. The van der Waals surface area contributed by atoms with E-state index in [9.17, 15) is 24.2 Å². The smallest absolute Gasteiger partial charge is 0.462 e. The second-order valence-corrected chi connectivity index (χ2v) is 15.8. The van der Waals surface area contributed by atoms with E-state index in [1.807, 2.05) is 0 Å². The van der Waals surface area contributed by atoms with Gasteiger partial charge in [-0.15, -0.1) is 0 Å². The topological polar surface area (TPSA) is 149 Å². The minimum absolute atomic E-state index is 0.152. The number of hydrogen-bond donors (Lipinski definition) is 3. The van der Waals surface area contributed by atoms with Gasteiger partial charge in [0.1, 0.15) is 12.7 Å². The molecule has 10 nitrogen and oxygen atoms in total. The summed E-state index contributed by atoms with van der Waals surface area (Å²) in [7, 11) is -4.62. The zero-order valence-electron chi connectivity index (χ0n) is 33.7. The normalized spacial score (nSPS) is 14.1. The van der Waals surface area contributed by atoms with Crippen LogP contribution in [0.15, 0.2) is 24.3 Å². The lowest BCUT2D eigenvalue weighted by Crippen LogP contribution is -2.29. The number of carbonyl (C=O) groups excluding carboxylic acids is 2. The Bertz CT molecular complexity index is 941. The third kappa shape index (κ3) is 38.5. The molecule has 0 aromatic rings. The third-order valence-corrected chi connectivity index (χ3v) is 10.0.